The highest BCUT2D eigenvalue weighted by Crippen LogP contribution is 2.27. The van der Waals surface area contributed by atoms with Crippen molar-refractivity contribution in [3.05, 3.63) is 23.8 Å². The molecule has 0 aromatic heterocycles. The van der Waals surface area contributed by atoms with Crippen molar-refractivity contribution in [3.8, 4) is 5.75 Å². The fraction of sp³-hybridized carbons (Fsp3) is 0.364. The highest BCUT2D eigenvalue weighted by Gasteiger charge is 2.17. The number of ether oxygens (including phenoxy) is 1. The number of methoxy groups -OCH3 is 1. The van der Waals surface area contributed by atoms with E-state index in [0.717, 1.165) is 17.0 Å². The highest BCUT2D eigenvalue weighted by molar-refractivity contribution is 5.93. The largest absolute Gasteiger partial charge is 0.494 e. The van der Waals surface area contributed by atoms with Crippen molar-refractivity contribution < 1.29 is 23.4 Å². The van der Waals surface area contributed by atoms with Gasteiger partial charge in [0.25, 0.3) is 0 Å². The number of aliphatic hydroxyl groups is 1. The highest BCUT2D eigenvalue weighted by atomic mass is 19.1. The molecule has 1 aromatic rings. The van der Waals surface area contributed by atoms with Gasteiger partial charge in [-0.15, -0.1) is 0 Å². The number of aliphatic hydroxyl groups excluding tert-OH is 1. The zero-order valence-electron chi connectivity index (χ0n) is 9.54. The summed E-state index contributed by atoms with van der Waals surface area (Å²) in [5, 5.41) is 8.60. The van der Waals surface area contributed by atoms with Gasteiger partial charge in [-0.3, -0.25) is 4.79 Å². The molecule has 0 unspecified atom stereocenters. The van der Waals surface area contributed by atoms with Crippen LogP contribution in [0.1, 0.15) is 6.42 Å². The maximum absolute atomic E-state index is 13.6. The molecule has 0 radical (unpaired) electrons. The first kappa shape index (κ1) is 13.4. The van der Waals surface area contributed by atoms with Gasteiger partial charge in [-0.2, -0.15) is 0 Å². The molecule has 0 atom stereocenters. The predicted octanol–water partition coefficient (Wildman–Crippen LogP) is 1.32. The Morgan fingerprint density at radius 2 is 2.06 bits per heavy atom. The lowest BCUT2D eigenvalue weighted by Gasteiger charge is -2.18. The molecular weight excluding hydrogens is 232 g/mol. The molecule has 0 aliphatic heterocycles. The SMILES string of the molecule is COc1cc(F)c(N(C)C(=O)CCO)cc1F. The van der Waals surface area contributed by atoms with Crippen molar-refractivity contribution in [2.24, 2.45) is 0 Å². The third kappa shape index (κ3) is 2.91. The molecular formula is C11H13F2NO3. The van der Waals surface area contributed by atoms with Crippen LogP contribution in [0.3, 0.4) is 0 Å². The number of benzene rings is 1. The molecule has 1 rings (SSSR count). The topological polar surface area (TPSA) is 49.8 Å². The van der Waals surface area contributed by atoms with E-state index >= 15 is 0 Å². The van der Waals surface area contributed by atoms with Crippen LogP contribution in [0.4, 0.5) is 14.5 Å². The standard InChI is InChI=1S/C11H13F2NO3/c1-14(11(16)3-4-15)9-5-8(13)10(17-2)6-7(9)12/h5-6,15H,3-4H2,1-2H3. The number of rotatable bonds is 4. The van der Waals surface area contributed by atoms with Gasteiger partial charge in [0.2, 0.25) is 5.91 Å². The zero-order chi connectivity index (χ0) is 13.0. The molecule has 0 saturated carbocycles. The van der Waals surface area contributed by atoms with Crippen molar-refractivity contribution in [2.75, 3.05) is 25.7 Å². The normalized spacial score (nSPS) is 10.2. The van der Waals surface area contributed by atoms with Crippen LogP contribution in [0.5, 0.6) is 5.75 Å². The van der Waals surface area contributed by atoms with E-state index in [1.54, 1.807) is 0 Å². The lowest BCUT2D eigenvalue weighted by molar-refractivity contribution is -0.118. The number of hydrogen-bond donors (Lipinski definition) is 1. The van der Waals surface area contributed by atoms with E-state index in [2.05, 4.69) is 4.74 Å². The van der Waals surface area contributed by atoms with E-state index in [-0.39, 0.29) is 24.5 Å². The van der Waals surface area contributed by atoms with Crippen molar-refractivity contribution >= 4 is 11.6 Å². The summed E-state index contributed by atoms with van der Waals surface area (Å²) in [5.74, 6) is -2.25. The number of nitrogens with zero attached hydrogens (tertiary/aromatic N) is 1. The summed E-state index contributed by atoms with van der Waals surface area (Å²) in [4.78, 5) is 12.4. The molecule has 0 bridgehead atoms. The molecule has 0 saturated heterocycles. The minimum absolute atomic E-state index is 0.149. The molecule has 17 heavy (non-hydrogen) atoms. The Labute approximate surface area is 97.4 Å². The number of carbonyl (C=O) groups excluding carboxylic acids is 1. The van der Waals surface area contributed by atoms with Crippen LogP contribution in [0.15, 0.2) is 12.1 Å². The van der Waals surface area contributed by atoms with E-state index in [4.69, 9.17) is 5.11 Å². The van der Waals surface area contributed by atoms with E-state index in [1.807, 2.05) is 0 Å². The van der Waals surface area contributed by atoms with Crippen LogP contribution in [0.2, 0.25) is 0 Å². The Hall–Kier alpha value is -1.69. The Morgan fingerprint density at radius 3 is 2.59 bits per heavy atom. The lowest BCUT2D eigenvalue weighted by Crippen LogP contribution is -2.27. The molecule has 0 aliphatic carbocycles. The molecule has 1 N–H and O–H groups in total. The molecule has 1 aromatic carbocycles. The first-order chi connectivity index (χ1) is 8.01. The average Bonchev–Trinajstić information content (AvgIpc) is 2.31. The molecule has 6 heteroatoms. The average molecular weight is 245 g/mol. The number of halogens is 2. The van der Waals surface area contributed by atoms with Gasteiger partial charge in [0.05, 0.1) is 25.8 Å². The molecule has 0 heterocycles. The van der Waals surface area contributed by atoms with Crippen molar-refractivity contribution in [3.63, 3.8) is 0 Å². The Morgan fingerprint density at radius 1 is 1.41 bits per heavy atom. The summed E-state index contributed by atoms with van der Waals surface area (Å²) < 4.78 is 31.5. The Bertz CT molecular complexity index is 423. The van der Waals surface area contributed by atoms with E-state index in [1.165, 1.54) is 14.2 Å². The van der Waals surface area contributed by atoms with Gasteiger partial charge in [-0.25, -0.2) is 8.78 Å². The fourth-order valence-corrected chi connectivity index (χ4v) is 1.33. The second kappa shape index (κ2) is 5.58. The van der Waals surface area contributed by atoms with E-state index in [9.17, 15) is 13.6 Å². The molecule has 1 amide bonds. The van der Waals surface area contributed by atoms with Gasteiger partial charge in [0.15, 0.2) is 17.4 Å². The predicted molar refractivity (Wildman–Crippen MR) is 58.0 cm³/mol. The van der Waals surface area contributed by atoms with Gasteiger partial charge < -0.3 is 14.7 Å². The fourth-order valence-electron chi connectivity index (χ4n) is 1.33. The summed E-state index contributed by atoms with van der Waals surface area (Å²) in [6.07, 6.45) is -0.149. The van der Waals surface area contributed by atoms with Gasteiger partial charge in [0.1, 0.15) is 0 Å². The third-order valence-corrected chi connectivity index (χ3v) is 2.28. The summed E-state index contributed by atoms with van der Waals surface area (Å²) in [6.45, 7) is -0.344. The second-order valence-corrected chi connectivity index (χ2v) is 3.36. The number of hydrogen-bond acceptors (Lipinski definition) is 3. The van der Waals surface area contributed by atoms with Crippen LogP contribution in [0.25, 0.3) is 0 Å². The molecule has 0 fully saturated rings. The van der Waals surface area contributed by atoms with Crippen LogP contribution < -0.4 is 9.64 Å². The van der Waals surface area contributed by atoms with E-state index in [0.29, 0.717) is 0 Å². The summed E-state index contributed by atoms with van der Waals surface area (Å²) in [7, 11) is 2.53. The maximum Gasteiger partial charge on any atom is 0.229 e. The van der Waals surface area contributed by atoms with E-state index < -0.39 is 17.5 Å². The molecule has 94 valence electrons. The number of anilines is 1. The number of amides is 1. The second-order valence-electron chi connectivity index (χ2n) is 3.36. The summed E-state index contributed by atoms with van der Waals surface area (Å²) in [6, 6.07) is 1.75. The van der Waals surface area contributed by atoms with Gasteiger partial charge in [-0.1, -0.05) is 0 Å². The smallest absolute Gasteiger partial charge is 0.229 e. The monoisotopic (exact) mass is 245 g/mol. The van der Waals surface area contributed by atoms with Crippen molar-refractivity contribution in [1.82, 2.24) is 0 Å². The molecule has 0 aliphatic rings. The Kier molecular flexibility index (Phi) is 4.39. The molecule has 4 nitrogen and oxygen atoms in total. The van der Waals surface area contributed by atoms with Crippen LogP contribution in [0, 0.1) is 11.6 Å². The van der Waals surface area contributed by atoms with Crippen LogP contribution in [-0.4, -0.2) is 31.8 Å². The summed E-state index contributed by atoms with van der Waals surface area (Å²) in [5.41, 5.74) is -0.193. The lowest BCUT2D eigenvalue weighted by atomic mass is 10.2. The van der Waals surface area contributed by atoms with Crippen LogP contribution >= 0.6 is 0 Å². The Balaban J connectivity index is 3.06. The quantitative estimate of drug-likeness (QED) is 0.870. The maximum atomic E-state index is 13.6. The summed E-state index contributed by atoms with van der Waals surface area (Å²) >= 11 is 0. The van der Waals surface area contributed by atoms with Crippen molar-refractivity contribution in [2.45, 2.75) is 6.42 Å². The van der Waals surface area contributed by atoms with Gasteiger partial charge in [-0.05, 0) is 0 Å². The van der Waals surface area contributed by atoms with Crippen LogP contribution in [-0.2, 0) is 4.79 Å². The minimum Gasteiger partial charge on any atom is -0.494 e. The van der Waals surface area contributed by atoms with Gasteiger partial charge in [0, 0.05) is 19.2 Å². The zero-order valence-corrected chi connectivity index (χ0v) is 9.54. The first-order valence-electron chi connectivity index (χ1n) is 4.91. The van der Waals surface area contributed by atoms with Crippen molar-refractivity contribution in [1.29, 1.82) is 0 Å². The first-order valence-corrected chi connectivity index (χ1v) is 4.91. The minimum atomic E-state index is -0.767. The number of carbonyl (C=O) groups is 1. The van der Waals surface area contributed by atoms with Gasteiger partial charge >= 0.3 is 0 Å². The molecule has 0 spiro atoms. The third-order valence-electron chi connectivity index (χ3n) is 2.28.